The van der Waals surface area contributed by atoms with E-state index in [1.54, 1.807) is 0 Å². The minimum Gasteiger partial charge on any atom is -0.359 e. The molecule has 0 aromatic heterocycles. The van der Waals surface area contributed by atoms with Crippen LogP contribution in [0.2, 0.25) is 0 Å². The van der Waals surface area contributed by atoms with Crippen LogP contribution in [0.4, 0.5) is 0 Å². The molecule has 1 heteroatoms. The Balaban J connectivity index is 2.91. The fourth-order valence-electron chi connectivity index (χ4n) is 1.21. The number of hydrogen-bond donors (Lipinski definition) is 1. The lowest BCUT2D eigenvalue weighted by Gasteiger charge is -2.15. The van der Waals surface area contributed by atoms with E-state index in [1.807, 2.05) is 12.2 Å². The van der Waals surface area contributed by atoms with Gasteiger partial charge < -0.3 is 5.32 Å². The lowest BCUT2D eigenvalue weighted by atomic mass is 10.1. The van der Waals surface area contributed by atoms with Crippen LogP contribution in [0.15, 0.2) is 53.1 Å². The summed E-state index contributed by atoms with van der Waals surface area (Å²) in [7, 11) is 0. The van der Waals surface area contributed by atoms with Gasteiger partial charge in [-0.25, -0.2) is 0 Å². The molecule has 1 rings (SSSR count). The van der Waals surface area contributed by atoms with E-state index in [0.717, 1.165) is 11.4 Å². The highest BCUT2D eigenvalue weighted by molar-refractivity contribution is 5.39. The topological polar surface area (TPSA) is 12.0 Å². The average molecular weight is 201 g/mol. The van der Waals surface area contributed by atoms with Crippen molar-refractivity contribution < 1.29 is 0 Å². The second kappa shape index (κ2) is 4.86. The number of hydrogen-bond acceptors (Lipinski definition) is 1. The number of rotatable bonds is 3. The maximum Gasteiger partial charge on any atom is 0.0420 e. The van der Waals surface area contributed by atoms with E-state index in [9.17, 15) is 0 Å². The van der Waals surface area contributed by atoms with E-state index in [4.69, 9.17) is 0 Å². The molecule has 0 unspecified atom stereocenters. The summed E-state index contributed by atoms with van der Waals surface area (Å²) in [6, 6.07) is 0. The molecule has 0 bridgehead atoms. The Labute approximate surface area is 92.6 Å². The first-order valence-corrected chi connectivity index (χ1v) is 5.28. The molecule has 1 aliphatic carbocycles. The fourth-order valence-corrected chi connectivity index (χ4v) is 1.21. The smallest absolute Gasteiger partial charge is 0.0420 e. The molecule has 0 fully saturated rings. The molecule has 15 heavy (non-hydrogen) atoms. The largest absolute Gasteiger partial charge is 0.359 e. The lowest BCUT2D eigenvalue weighted by Crippen LogP contribution is -2.16. The average Bonchev–Trinajstić information content (AvgIpc) is 2.29. The van der Waals surface area contributed by atoms with E-state index in [1.165, 1.54) is 11.1 Å². The van der Waals surface area contributed by atoms with E-state index >= 15 is 0 Å². The van der Waals surface area contributed by atoms with Crippen LogP contribution in [-0.4, -0.2) is 0 Å². The molecule has 0 aromatic carbocycles. The summed E-state index contributed by atoms with van der Waals surface area (Å²) in [6.45, 7) is 12.4. The van der Waals surface area contributed by atoms with Crippen molar-refractivity contribution in [2.24, 2.45) is 5.92 Å². The number of nitrogens with one attached hydrogen (secondary N) is 1. The molecule has 0 saturated heterocycles. The summed E-state index contributed by atoms with van der Waals surface area (Å²) in [6.07, 6.45) is 6.10. The van der Waals surface area contributed by atoms with Crippen molar-refractivity contribution >= 4 is 0 Å². The third-order valence-electron chi connectivity index (χ3n) is 2.40. The van der Waals surface area contributed by atoms with Crippen molar-refractivity contribution in [2.75, 3.05) is 0 Å². The van der Waals surface area contributed by atoms with Gasteiger partial charge in [0, 0.05) is 11.4 Å². The predicted molar refractivity (Wildman–Crippen MR) is 66.2 cm³/mol. The quantitative estimate of drug-likeness (QED) is 0.687. The van der Waals surface area contributed by atoms with E-state index in [-0.39, 0.29) is 0 Å². The Bertz CT molecular complexity index is 386. The summed E-state index contributed by atoms with van der Waals surface area (Å²) < 4.78 is 0. The van der Waals surface area contributed by atoms with Gasteiger partial charge in [0.15, 0.2) is 0 Å². The van der Waals surface area contributed by atoms with Crippen LogP contribution in [0.25, 0.3) is 0 Å². The third-order valence-corrected chi connectivity index (χ3v) is 2.40. The van der Waals surface area contributed by atoms with Gasteiger partial charge in [-0.2, -0.15) is 0 Å². The van der Waals surface area contributed by atoms with Crippen molar-refractivity contribution in [3.63, 3.8) is 0 Å². The lowest BCUT2D eigenvalue weighted by molar-refractivity contribution is 0.707. The van der Waals surface area contributed by atoms with Gasteiger partial charge in [-0.3, -0.25) is 0 Å². The highest BCUT2D eigenvalue weighted by Gasteiger charge is 2.04. The predicted octanol–water partition coefficient (Wildman–Crippen LogP) is 3.69. The molecule has 1 nitrogen and oxygen atoms in total. The van der Waals surface area contributed by atoms with Gasteiger partial charge in [0.1, 0.15) is 0 Å². The van der Waals surface area contributed by atoms with Crippen molar-refractivity contribution in [3.8, 4) is 0 Å². The zero-order chi connectivity index (χ0) is 11.4. The SMILES string of the molecule is C=C(NC1=C(C)C=C=CC(C)=C1)C(C)C. The first kappa shape index (κ1) is 11.6. The molecule has 0 radical (unpaired) electrons. The molecule has 80 valence electrons. The van der Waals surface area contributed by atoms with Crippen LogP contribution in [0.5, 0.6) is 0 Å². The first-order valence-electron chi connectivity index (χ1n) is 5.28. The van der Waals surface area contributed by atoms with Gasteiger partial charge in [-0.05, 0) is 49.1 Å². The zero-order valence-electron chi connectivity index (χ0n) is 10.0. The molecule has 0 aliphatic heterocycles. The minimum absolute atomic E-state index is 0.444. The highest BCUT2D eigenvalue weighted by atomic mass is 14.9. The fraction of sp³-hybridized carbons (Fsp3) is 0.357. The summed E-state index contributed by atoms with van der Waals surface area (Å²) in [5.41, 5.74) is 7.68. The second-order valence-electron chi connectivity index (χ2n) is 4.25. The molecular formula is C14H19N. The molecule has 0 amide bonds. The maximum absolute atomic E-state index is 4.02. The molecule has 0 saturated carbocycles. The Morgan fingerprint density at radius 2 is 2.00 bits per heavy atom. The standard InChI is InChI=1S/C14H19N/c1-10(2)13(5)15-14-9-11(3)7-6-8-12(14)4/h7-10,15H,5H2,1-4H3. The van der Waals surface area contributed by atoms with Gasteiger partial charge in [-0.1, -0.05) is 20.4 Å². The van der Waals surface area contributed by atoms with Gasteiger partial charge in [0.25, 0.3) is 0 Å². The Kier molecular flexibility index (Phi) is 3.76. The van der Waals surface area contributed by atoms with Crippen LogP contribution in [0.3, 0.4) is 0 Å². The van der Waals surface area contributed by atoms with Crippen LogP contribution in [0.1, 0.15) is 27.7 Å². The Morgan fingerprint density at radius 3 is 2.60 bits per heavy atom. The Morgan fingerprint density at radius 1 is 1.33 bits per heavy atom. The van der Waals surface area contributed by atoms with Crippen LogP contribution < -0.4 is 5.32 Å². The molecule has 1 N–H and O–H groups in total. The van der Waals surface area contributed by atoms with Crippen molar-refractivity contribution in [1.29, 1.82) is 0 Å². The molecule has 0 spiro atoms. The molecule has 0 atom stereocenters. The van der Waals surface area contributed by atoms with Gasteiger partial charge in [-0.15, -0.1) is 5.73 Å². The summed E-state index contributed by atoms with van der Waals surface area (Å²) in [5.74, 6) is 0.444. The minimum atomic E-state index is 0.444. The zero-order valence-corrected chi connectivity index (χ0v) is 10.0. The second-order valence-corrected chi connectivity index (χ2v) is 4.25. The molecular weight excluding hydrogens is 182 g/mol. The van der Waals surface area contributed by atoms with Crippen LogP contribution in [0, 0.1) is 5.92 Å². The summed E-state index contributed by atoms with van der Waals surface area (Å²) in [4.78, 5) is 0. The third kappa shape index (κ3) is 3.30. The first-order chi connectivity index (χ1) is 7.00. The summed E-state index contributed by atoms with van der Waals surface area (Å²) in [5, 5.41) is 3.36. The highest BCUT2D eigenvalue weighted by Crippen LogP contribution is 2.14. The van der Waals surface area contributed by atoms with Gasteiger partial charge >= 0.3 is 0 Å². The van der Waals surface area contributed by atoms with Crippen molar-refractivity contribution in [2.45, 2.75) is 27.7 Å². The number of allylic oxidation sites excluding steroid dienone is 5. The van der Waals surface area contributed by atoms with Crippen LogP contribution >= 0.6 is 0 Å². The molecule has 0 heterocycles. The van der Waals surface area contributed by atoms with Gasteiger partial charge in [0.2, 0.25) is 0 Å². The molecule has 1 aliphatic rings. The maximum atomic E-state index is 4.02. The van der Waals surface area contributed by atoms with E-state index in [2.05, 4.69) is 51.4 Å². The van der Waals surface area contributed by atoms with Crippen molar-refractivity contribution in [3.05, 3.63) is 53.1 Å². The van der Waals surface area contributed by atoms with E-state index < -0.39 is 0 Å². The monoisotopic (exact) mass is 201 g/mol. The normalized spacial score (nSPS) is 15.4. The Hall–Kier alpha value is -1.46. The van der Waals surface area contributed by atoms with Gasteiger partial charge in [0.05, 0.1) is 0 Å². The molecule has 0 aromatic rings. The van der Waals surface area contributed by atoms with Crippen LogP contribution in [-0.2, 0) is 0 Å². The van der Waals surface area contributed by atoms with E-state index in [0.29, 0.717) is 5.92 Å². The van der Waals surface area contributed by atoms with Crippen molar-refractivity contribution in [1.82, 2.24) is 5.32 Å². The summed E-state index contributed by atoms with van der Waals surface area (Å²) >= 11 is 0.